The molecule has 2 atom stereocenters. The van der Waals surface area contributed by atoms with Crippen LogP contribution in [0, 0.1) is 11.6 Å². The van der Waals surface area contributed by atoms with Crippen molar-refractivity contribution in [1.82, 2.24) is 10.3 Å². The largest absolute Gasteiger partial charge is 0.390 e. The quantitative estimate of drug-likeness (QED) is 0.216. The van der Waals surface area contributed by atoms with Crippen LogP contribution in [0.2, 0.25) is 0 Å². The van der Waals surface area contributed by atoms with Crippen LogP contribution in [0.25, 0.3) is 10.8 Å². The number of carbonyl (C=O) groups is 1. The fourth-order valence-electron chi connectivity index (χ4n) is 5.09. The number of primary amides is 1. The number of pyridine rings is 1. The van der Waals surface area contributed by atoms with E-state index in [0.717, 1.165) is 29.9 Å². The van der Waals surface area contributed by atoms with Crippen molar-refractivity contribution in [2.24, 2.45) is 5.73 Å². The molecule has 0 unspecified atom stereocenters. The number of amides is 1. The number of carbonyl (C=O) groups excluding carboxylic acids is 1. The number of benzene rings is 3. The highest BCUT2D eigenvalue weighted by Crippen LogP contribution is 2.29. The summed E-state index contributed by atoms with van der Waals surface area (Å²) in [5, 5.41) is 16.5. The minimum atomic E-state index is -0.913. The molecule has 0 aliphatic heterocycles. The molecule has 4 aromatic rings. The molecule has 1 aromatic heterocycles. The van der Waals surface area contributed by atoms with E-state index in [9.17, 15) is 18.7 Å². The Labute approximate surface area is 233 Å². The zero-order valence-electron chi connectivity index (χ0n) is 22.9. The van der Waals surface area contributed by atoms with E-state index in [-0.39, 0.29) is 13.0 Å². The molecule has 1 heterocycles. The first-order chi connectivity index (χ1) is 19.3. The maximum Gasteiger partial charge on any atom is 0.248 e. The standard InChI is InChI=1S/C32H36F2N4O2/c1-3-12-38(32-28-17-25(31(35)40)9-8-24(28)10-11-37-32)29(16-23-14-26(33)18-27(34)15-23)30(39)20-36-19-22-7-5-6-21(4-2)13-22/h5-11,13-15,17-18,29-30,36,39H,3-4,12,16,19-20H2,1-2H3,(H2,35,40)/t29-,30+/m0/s1. The molecule has 6 nitrogen and oxygen atoms in total. The summed E-state index contributed by atoms with van der Waals surface area (Å²) in [5.74, 6) is -1.33. The van der Waals surface area contributed by atoms with Crippen molar-refractivity contribution in [3.05, 3.63) is 107 Å². The summed E-state index contributed by atoms with van der Waals surface area (Å²) in [6.45, 7) is 5.44. The van der Waals surface area contributed by atoms with Crippen molar-refractivity contribution in [1.29, 1.82) is 0 Å². The molecule has 0 spiro atoms. The van der Waals surface area contributed by atoms with Crippen LogP contribution in [0.1, 0.15) is 47.3 Å². The lowest BCUT2D eigenvalue weighted by molar-refractivity contribution is 0.100. The van der Waals surface area contributed by atoms with E-state index >= 15 is 0 Å². The van der Waals surface area contributed by atoms with Crippen molar-refractivity contribution in [2.45, 2.75) is 51.8 Å². The van der Waals surface area contributed by atoms with Gasteiger partial charge in [-0.25, -0.2) is 13.8 Å². The Bertz CT molecular complexity index is 1440. The second-order valence-corrected chi connectivity index (χ2v) is 10.0. The molecule has 0 aliphatic carbocycles. The van der Waals surface area contributed by atoms with E-state index in [1.54, 1.807) is 18.3 Å². The number of rotatable bonds is 13. The first kappa shape index (κ1) is 29.1. The monoisotopic (exact) mass is 546 g/mol. The second kappa shape index (κ2) is 13.5. The van der Waals surface area contributed by atoms with Gasteiger partial charge in [0.1, 0.15) is 17.5 Å². The van der Waals surface area contributed by atoms with Gasteiger partial charge >= 0.3 is 0 Å². The van der Waals surface area contributed by atoms with Gasteiger partial charge in [0.25, 0.3) is 0 Å². The minimum Gasteiger partial charge on any atom is -0.390 e. The van der Waals surface area contributed by atoms with Gasteiger partial charge in [-0.15, -0.1) is 0 Å². The van der Waals surface area contributed by atoms with E-state index < -0.39 is 29.7 Å². The van der Waals surface area contributed by atoms with Crippen molar-refractivity contribution in [3.63, 3.8) is 0 Å². The van der Waals surface area contributed by atoms with Crippen LogP contribution in [-0.4, -0.2) is 41.2 Å². The van der Waals surface area contributed by atoms with Gasteiger partial charge < -0.3 is 21.1 Å². The van der Waals surface area contributed by atoms with Gasteiger partial charge in [0.05, 0.1) is 12.1 Å². The van der Waals surface area contributed by atoms with Crippen molar-refractivity contribution in [3.8, 4) is 0 Å². The maximum absolute atomic E-state index is 14.1. The topological polar surface area (TPSA) is 91.5 Å². The van der Waals surface area contributed by atoms with Crippen molar-refractivity contribution < 1.29 is 18.7 Å². The summed E-state index contributed by atoms with van der Waals surface area (Å²) < 4.78 is 28.3. The highest BCUT2D eigenvalue weighted by atomic mass is 19.1. The summed E-state index contributed by atoms with van der Waals surface area (Å²) in [6, 6.07) is 18.1. The number of nitrogens with one attached hydrogen (secondary N) is 1. The number of anilines is 1. The number of fused-ring (bicyclic) bond motifs is 1. The Balaban J connectivity index is 1.69. The Morgan fingerprint density at radius 2 is 1.75 bits per heavy atom. The van der Waals surface area contributed by atoms with Gasteiger partial charge in [-0.3, -0.25) is 4.79 Å². The molecular formula is C32H36F2N4O2. The van der Waals surface area contributed by atoms with Gasteiger partial charge in [-0.05, 0) is 71.7 Å². The average Bonchev–Trinajstić information content (AvgIpc) is 2.94. The normalized spacial score (nSPS) is 12.8. The molecule has 1 amide bonds. The molecule has 210 valence electrons. The average molecular weight is 547 g/mol. The van der Waals surface area contributed by atoms with Crippen LogP contribution in [0.3, 0.4) is 0 Å². The maximum atomic E-state index is 14.1. The van der Waals surface area contributed by atoms with E-state index in [1.165, 1.54) is 17.7 Å². The Morgan fingerprint density at radius 3 is 2.45 bits per heavy atom. The first-order valence-electron chi connectivity index (χ1n) is 13.7. The molecule has 0 fully saturated rings. The van der Waals surface area contributed by atoms with E-state index in [2.05, 4.69) is 29.4 Å². The Kier molecular flexibility index (Phi) is 9.79. The summed E-state index contributed by atoms with van der Waals surface area (Å²) >= 11 is 0. The zero-order valence-corrected chi connectivity index (χ0v) is 22.9. The van der Waals surface area contributed by atoms with Crippen LogP contribution in [-0.2, 0) is 19.4 Å². The molecular weight excluding hydrogens is 510 g/mol. The number of hydrogen-bond donors (Lipinski definition) is 3. The van der Waals surface area contributed by atoms with Crippen LogP contribution >= 0.6 is 0 Å². The predicted octanol–water partition coefficient (Wildman–Crippen LogP) is 5.15. The Morgan fingerprint density at radius 1 is 1.00 bits per heavy atom. The molecule has 3 aromatic carbocycles. The van der Waals surface area contributed by atoms with E-state index in [1.807, 2.05) is 36.1 Å². The summed E-state index contributed by atoms with van der Waals surface area (Å²) in [4.78, 5) is 18.6. The van der Waals surface area contributed by atoms with Gasteiger partial charge in [-0.2, -0.15) is 0 Å². The highest BCUT2D eigenvalue weighted by molar-refractivity contribution is 6.00. The number of nitrogens with two attached hydrogens (primary N) is 1. The molecule has 0 radical (unpaired) electrons. The third-order valence-electron chi connectivity index (χ3n) is 7.06. The Hall–Kier alpha value is -3.88. The number of aliphatic hydroxyl groups excluding tert-OH is 1. The van der Waals surface area contributed by atoms with Crippen molar-refractivity contribution in [2.75, 3.05) is 18.0 Å². The van der Waals surface area contributed by atoms with Gasteiger partial charge in [0.15, 0.2) is 0 Å². The zero-order chi connectivity index (χ0) is 28.6. The van der Waals surface area contributed by atoms with Gasteiger partial charge in [-0.1, -0.05) is 44.2 Å². The molecule has 4 rings (SSSR count). The fraction of sp³-hybridized carbons (Fsp3) is 0.312. The van der Waals surface area contributed by atoms with Crippen LogP contribution in [0.15, 0.2) is 72.9 Å². The SMILES string of the molecule is CCCN(c1nccc2ccc(C(N)=O)cc12)[C@@H](Cc1cc(F)cc(F)c1)[C@H](O)CNCc1cccc(CC)c1. The van der Waals surface area contributed by atoms with E-state index in [4.69, 9.17) is 5.73 Å². The van der Waals surface area contributed by atoms with Crippen LogP contribution in [0.4, 0.5) is 14.6 Å². The summed E-state index contributed by atoms with van der Waals surface area (Å²) in [6.07, 6.45) is 2.60. The highest BCUT2D eigenvalue weighted by Gasteiger charge is 2.29. The molecule has 40 heavy (non-hydrogen) atoms. The number of aliphatic hydroxyl groups is 1. The molecule has 0 saturated carbocycles. The van der Waals surface area contributed by atoms with Crippen LogP contribution < -0.4 is 16.0 Å². The van der Waals surface area contributed by atoms with Gasteiger partial charge in [0.2, 0.25) is 5.91 Å². The third-order valence-corrected chi connectivity index (χ3v) is 7.06. The number of halogens is 2. The van der Waals surface area contributed by atoms with Crippen LogP contribution in [0.5, 0.6) is 0 Å². The molecule has 0 saturated heterocycles. The molecule has 4 N–H and O–H groups in total. The van der Waals surface area contributed by atoms with Crippen molar-refractivity contribution >= 4 is 22.5 Å². The second-order valence-electron chi connectivity index (χ2n) is 10.0. The summed E-state index contributed by atoms with van der Waals surface area (Å²) in [5.41, 5.74) is 8.67. The minimum absolute atomic E-state index is 0.177. The number of nitrogens with zero attached hydrogens (tertiary/aromatic N) is 2. The lowest BCUT2D eigenvalue weighted by atomic mass is 9.97. The van der Waals surface area contributed by atoms with E-state index in [0.29, 0.717) is 35.4 Å². The fourth-order valence-corrected chi connectivity index (χ4v) is 5.09. The smallest absolute Gasteiger partial charge is 0.248 e. The van der Waals surface area contributed by atoms with Gasteiger partial charge in [0, 0.05) is 42.8 Å². The lowest BCUT2D eigenvalue weighted by Crippen LogP contribution is -2.50. The number of aromatic nitrogens is 1. The number of aryl methyl sites for hydroxylation is 1. The number of hydrogen-bond acceptors (Lipinski definition) is 5. The summed E-state index contributed by atoms with van der Waals surface area (Å²) in [7, 11) is 0. The third kappa shape index (κ3) is 7.20. The predicted molar refractivity (Wildman–Crippen MR) is 155 cm³/mol. The first-order valence-corrected chi connectivity index (χ1v) is 13.7. The molecule has 0 aliphatic rings. The molecule has 0 bridgehead atoms. The molecule has 8 heteroatoms. The lowest BCUT2D eigenvalue weighted by Gasteiger charge is -2.37.